The summed E-state index contributed by atoms with van der Waals surface area (Å²) in [4.78, 5) is 22.7. The van der Waals surface area contributed by atoms with Gasteiger partial charge in [-0.3, -0.25) is 4.79 Å². The summed E-state index contributed by atoms with van der Waals surface area (Å²) >= 11 is 5.90. The Kier molecular flexibility index (Phi) is 4.69. The molecule has 0 unspecified atom stereocenters. The molecular weight excluding hydrogens is 258 g/mol. The number of hydrogen-bond acceptors (Lipinski definition) is 3. The lowest BCUT2D eigenvalue weighted by Crippen LogP contribution is -2.47. The van der Waals surface area contributed by atoms with Gasteiger partial charge in [-0.2, -0.15) is 0 Å². The normalized spacial score (nSPS) is 13.8. The molecule has 0 spiro atoms. The van der Waals surface area contributed by atoms with Gasteiger partial charge in [0.25, 0.3) is 5.91 Å². The van der Waals surface area contributed by atoms with Crippen LogP contribution in [0, 0.1) is 6.92 Å². The van der Waals surface area contributed by atoms with E-state index < -0.39 is 24.0 Å². The number of carboxylic acid groups (broad SMARTS) is 1. The average molecular weight is 272 g/mol. The van der Waals surface area contributed by atoms with Crippen molar-refractivity contribution in [2.45, 2.75) is 26.0 Å². The van der Waals surface area contributed by atoms with Gasteiger partial charge in [0, 0.05) is 0 Å². The summed E-state index contributed by atoms with van der Waals surface area (Å²) in [5.41, 5.74) is 1.07. The predicted octanol–water partition coefficient (Wildman–Crippen LogP) is 1.21. The number of aliphatic carboxylic acids is 1. The van der Waals surface area contributed by atoms with Crippen LogP contribution in [0.5, 0.6) is 0 Å². The Hall–Kier alpha value is -1.59. The van der Waals surface area contributed by atoms with Crippen LogP contribution >= 0.6 is 11.6 Å². The van der Waals surface area contributed by atoms with Crippen molar-refractivity contribution in [3.63, 3.8) is 0 Å². The van der Waals surface area contributed by atoms with Crippen LogP contribution in [0.4, 0.5) is 0 Å². The van der Waals surface area contributed by atoms with E-state index in [2.05, 4.69) is 5.32 Å². The number of benzene rings is 1. The molecule has 0 aliphatic carbocycles. The monoisotopic (exact) mass is 271 g/mol. The van der Waals surface area contributed by atoms with Crippen molar-refractivity contribution in [2.75, 3.05) is 0 Å². The van der Waals surface area contributed by atoms with Gasteiger partial charge in [-0.15, -0.1) is 0 Å². The first-order valence-electron chi connectivity index (χ1n) is 5.31. The second-order valence-electron chi connectivity index (χ2n) is 4.01. The highest BCUT2D eigenvalue weighted by Crippen LogP contribution is 2.17. The number of halogens is 1. The van der Waals surface area contributed by atoms with Crippen molar-refractivity contribution in [1.82, 2.24) is 5.32 Å². The molecule has 0 aromatic heterocycles. The zero-order valence-electron chi connectivity index (χ0n) is 9.98. The number of aliphatic hydroxyl groups excluding tert-OH is 1. The topological polar surface area (TPSA) is 86.6 Å². The van der Waals surface area contributed by atoms with Crippen LogP contribution in [0.3, 0.4) is 0 Å². The van der Waals surface area contributed by atoms with E-state index >= 15 is 0 Å². The zero-order valence-corrected chi connectivity index (χ0v) is 10.7. The highest BCUT2D eigenvalue weighted by atomic mass is 35.5. The van der Waals surface area contributed by atoms with Gasteiger partial charge in [-0.25, -0.2) is 4.79 Å². The number of carbonyl (C=O) groups excluding carboxylic acids is 1. The predicted molar refractivity (Wildman–Crippen MR) is 66.8 cm³/mol. The van der Waals surface area contributed by atoms with E-state index in [-0.39, 0.29) is 10.6 Å². The summed E-state index contributed by atoms with van der Waals surface area (Å²) in [6.07, 6.45) is -1.20. The van der Waals surface area contributed by atoms with E-state index in [1.807, 2.05) is 6.92 Å². The maximum atomic E-state index is 11.8. The smallest absolute Gasteiger partial charge is 0.328 e. The van der Waals surface area contributed by atoms with E-state index in [1.165, 1.54) is 13.0 Å². The number of aryl methyl sites for hydroxylation is 1. The fraction of sp³-hybridized carbons (Fsp3) is 0.333. The van der Waals surface area contributed by atoms with Gasteiger partial charge in [0.15, 0.2) is 6.04 Å². The molecular formula is C12H14ClNO4. The Morgan fingerprint density at radius 1 is 1.39 bits per heavy atom. The van der Waals surface area contributed by atoms with Crippen molar-refractivity contribution in [3.8, 4) is 0 Å². The van der Waals surface area contributed by atoms with Crippen LogP contribution in [0.25, 0.3) is 0 Å². The van der Waals surface area contributed by atoms with Crippen molar-refractivity contribution in [2.24, 2.45) is 0 Å². The molecule has 0 radical (unpaired) electrons. The lowest BCUT2D eigenvalue weighted by atomic mass is 10.1. The highest BCUT2D eigenvalue weighted by Gasteiger charge is 2.26. The Morgan fingerprint density at radius 3 is 2.44 bits per heavy atom. The molecule has 0 saturated heterocycles. The Bertz CT molecular complexity index is 473. The van der Waals surface area contributed by atoms with Gasteiger partial charge in [0.2, 0.25) is 0 Å². The average Bonchev–Trinajstić information content (AvgIpc) is 2.24. The number of carboxylic acids is 1. The third-order valence-corrected chi connectivity index (χ3v) is 2.72. The van der Waals surface area contributed by atoms with E-state index in [4.69, 9.17) is 16.7 Å². The van der Waals surface area contributed by atoms with Gasteiger partial charge < -0.3 is 15.5 Å². The number of carbonyl (C=O) groups is 2. The number of rotatable bonds is 4. The van der Waals surface area contributed by atoms with E-state index in [9.17, 15) is 14.7 Å². The lowest BCUT2D eigenvalue weighted by molar-refractivity contribution is -0.141. The molecule has 2 atom stereocenters. The summed E-state index contributed by atoms with van der Waals surface area (Å²) in [7, 11) is 0. The Balaban J connectivity index is 2.91. The first kappa shape index (κ1) is 14.5. The standard InChI is InChI=1S/C12H14ClNO4/c1-6-3-4-8(9(13)5-6)11(16)14-10(7(2)15)12(17)18/h3-5,7,10,15H,1-2H3,(H,14,16)(H,17,18)/t7-,10+/m1/s1. The van der Waals surface area contributed by atoms with E-state index in [1.54, 1.807) is 12.1 Å². The number of amides is 1. The van der Waals surface area contributed by atoms with Gasteiger partial charge in [-0.1, -0.05) is 17.7 Å². The summed E-state index contributed by atoms with van der Waals surface area (Å²) in [6, 6.07) is 3.44. The molecule has 18 heavy (non-hydrogen) atoms. The Morgan fingerprint density at radius 2 is 2.00 bits per heavy atom. The molecule has 0 aliphatic rings. The quantitative estimate of drug-likeness (QED) is 0.768. The third-order valence-electron chi connectivity index (χ3n) is 2.40. The highest BCUT2D eigenvalue weighted by molar-refractivity contribution is 6.33. The first-order chi connectivity index (χ1) is 8.32. The van der Waals surface area contributed by atoms with Crippen LogP contribution in [0.15, 0.2) is 18.2 Å². The molecule has 0 saturated carbocycles. The van der Waals surface area contributed by atoms with Crippen molar-refractivity contribution >= 4 is 23.5 Å². The summed E-state index contributed by atoms with van der Waals surface area (Å²) in [5.74, 6) is -1.94. The van der Waals surface area contributed by atoms with Crippen molar-refractivity contribution in [1.29, 1.82) is 0 Å². The molecule has 1 amide bonds. The second-order valence-corrected chi connectivity index (χ2v) is 4.42. The lowest BCUT2D eigenvalue weighted by Gasteiger charge is -2.17. The van der Waals surface area contributed by atoms with Gasteiger partial charge in [-0.05, 0) is 31.5 Å². The number of nitrogens with one attached hydrogen (secondary N) is 1. The van der Waals surface area contributed by atoms with Gasteiger partial charge in [0.1, 0.15) is 0 Å². The van der Waals surface area contributed by atoms with E-state index in [0.717, 1.165) is 5.56 Å². The number of aliphatic hydroxyl groups is 1. The van der Waals surface area contributed by atoms with Gasteiger partial charge >= 0.3 is 5.97 Å². The SMILES string of the molecule is Cc1ccc(C(=O)N[C@H](C(=O)O)[C@@H](C)O)c(Cl)c1. The summed E-state index contributed by atoms with van der Waals surface area (Å²) < 4.78 is 0. The summed E-state index contributed by atoms with van der Waals surface area (Å²) in [5, 5.41) is 20.6. The molecule has 1 aromatic rings. The molecule has 0 bridgehead atoms. The van der Waals surface area contributed by atoms with Gasteiger partial charge in [0.05, 0.1) is 16.7 Å². The second kappa shape index (κ2) is 5.84. The maximum Gasteiger partial charge on any atom is 0.328 e. The molecule has 3 N–H and O–H groups in total. The fourth-order valence-corrected chi connectivity index (χ4v) is 1.73. The van der Waals surface area contributed by atoms with Crippen LogP contribution in [-0.2, 0) is 4.79 Å². The molecule has 98 valence electrons. The van der Waals surface area contributed by atoms with E-state index in [0.29, 0.717) is 0 Å². The minimum Gasteiger partial charge on any atom is -0.480 e. The molecule has 1 rings (SSSR count). The van der Waals surface area contributed by atoms with Crippen LogP contribution in [0.2, 0.25) is 5.02 Å². The number of hydrogen-bond donors (Lipinski definition) is 3. The molecule has 0 fully saturated rings. The first-order valence-corrected chi connectivity index (χ1v) is 5.68. The molecule has 6 heteroatoms. The van der Waals surface area contributed by atoms with Crippen molar-refractivity contribution < 1.29 is 19.8 Å². The molecule has 1 aromatic carbocycles. The Labute approximate surface area is 109 Å². The molecule has 0 heterocycles. The molecule has 0 aliphatic heterocycles. The molecule has 5 nitrogen and oxygen atoms in total. The third kappa shape index (κ3) is 3.45. The maximum absolute atomic E-state index is 11.8. The minimum absolute atomic E-state index is 0.175. The zero-order chi connectivity index (χ0) is 13.9. The minimum atomic E-state index is -1.37. The largest absolute Gasteiger partial charge is 0.480 e. The fourth-order valence-electron chi connectivity index (χ4n) is 1.41. The van der Waals surface area contributed by atoms with Crippen LogP contribution in [-0.4, -0.2) is 34.2 Å². The summed E-state index contributed by atoms with van der Waals surface area (Å²) in [6.45, 7) is 3.11. The van der Waals surface area contributed by atoms with Crippen LogP contribution < -0.4 is 5.32 Å². The van der Waals surface area contributed by atoms with Crippen LogP contribution in [0.1, 0.15) is 22.8 Å². The van der Waals surface area contributed by atoms with Crippen molar-refractivity contribution in [3.05, 3.63) is 34.3 Å².